The number of ether oxygens (including phenoxy) is 1. The minimum absolute atomic E-state index is 0.0795. The van der Waals surface area contributed by atoms with Crippen LogP contribution in [0, 0.1) is 0 Å². The van der Waals surface area contributed by atoms with Crippen LogP contribution in [-0.4, -0.2) is 25.7 Å². The van der Waals surface area contributed by atoms with Gasteiger partial charge in [-0.3, -0.25) is 4.79 Å². The van der Waals surface area contributed by atoms with E-state index in [9.17, 15) is 4.79 Å². The van der Waals surface area contributed by atoms with Gasteiger partial charge in [0.15, 0.2) is 0 Å². The number of benzene rings is 1. The maximum atomic E-state index is 12.1. The number of hydrogen-bond acceptors (Lipinski definition) is 3. The lowest BCUT2D eigenvalue weighted by molar-refractivity contribution is -0.119. The number of carbonyl (C=O) groups excluding carboxylic acids is 1. The summed E-state index contributed by atoms with van der Waals surface area (Å²) in [4.78, 5) is 13.9. The van der Waals surface area contributed by atoms with E-state index in [2.05, 4.69) is 6.92 Å². The third kappa shape index (κ3) is 4.37. The summed E-state index contributed by atoms with van der Waals surface area (Å²) in [5.41, 5.74) is 7.28. The summed E-state index contributed by atoms with van der Waals surface area (Å²) in [6, 6.07) is 7.42. The second-order valence-electron chi connectivity index (χ2n) is 4.09. The average Bonchev–Trinajstić information content (AvgIpc) is 2.36. The van der Waals surface area contributed by atoms with Gasteiger partial charge in [-0.25, -0.2) is 0 Å². The van der Waals surface area contributed by atoms with E-state index in [4.69, 9.17) is 10.5 Å². The van der Waals surface area contributed by atoms with Crippen LogP contribution in [0.2, 0.25) is 0 Å². The van der Waals surface area contributed by atoms with Gasteiger partial charge in [-0.15, -0.1) is 0 Å². The molecule has 18 heavy (non-hydrogen) atoms. The van der Waals surface area contributed by atoms with Crippen molar-refractivity contribution in [2.75, 3.05) is 30.4 Å². The maximum Gasteiger partial charge on any atom is 0.229 e. The lowest BCUT2D eigenvalue weighted by atomic mass is 10.2. The van der Waals surface area contributed by atoms with E-state index in [0.29, 0.717) is 31.9 Å². The van der Waals surface area contributed by atoms with Crippen LogP contribution in [0.5, 0.6) is 0 Å². The number of nitrogen functional groups attached to an aromatic ring is 1. The zero-order valence-electron chi connectivity index (χ0n) is 11.2. The Morgan fingerprint density at radius 1 is 1.39 bits per heavy atom. The Bertz CT molecular complexity index is 380. The van der Waals surface area contributed by atoms with Crippen molar-refractivity contribution < 1.29 is 9.53 Å². The zero-order valence-corrected chi connectivity index (χ0v) is 11.2. The standard InChI is InChI=1S/C14H22N2O2/c1-3-9-16(14(17)8-10-18-4-2)13-7-5-6-12(15)11-13/h5-7,11H,3-4,8-10,15H2,1-2H3. The summed E-state index contributed by atoms with van der Waals surface area (Å²) < 4.78 is 5.22. The molecule has 0 aromatic heterocycles. The monoisotopic (exact) mass is 250 g/mol. The molecular weight excluding hydrogens is 228 g/mol. The van der Waals surface area contributed by atoms with Crippen LogP contribution in [0.15, 0.2) is 24.3 Å². The maximum absolute atomic E-state index is 12.1. The van der Waals surface area contributed by atoms with Crippen molar-refractivity contribution in [3.05, 3.63) is 24.3 Å². The highest BCUT2D eigenvalue weighted by Crippen LogP contribution is 2.18. The van der Waals surface area contributed by atoms with Crippen molar-refractivity contribution in [2.45, 2.75) is 26.7 Å². The first-order valence-electron chi connectivity index (χ1n) is 6.42. The first-order chi connectivity index (χ1) is 8.69. The predicted molar refractivity (Wildman–Crippen MR) is 74.6 cm³/mol. The molecule has 0 heterocycles. The smallest absolute Gasteiger partial charge is 0.229 e. The number of hydrogen-bond donors (Lipinski definition) is 1. The molecule has 0 atom stereocenters. The number of nitrogens with zero attached hydrogens (tertiary/aromatic N) is 1. The van der Waals surface area contributed by atoms with Gasteiger partial charge in [0.25, 0.3) is 0 Å². The van der Waals surface area contributed by atoms with Gasteiger partial charge in [-0.2, -0.15) is 0 Å². The highest BCUT2D eigenvalue weighted by Gasteiger charge is 2.14. The SMILES string of the molecule is CCCN(C(=O)CCOCC)c1cccc(N)c1. The summed E-state index contributed by atoms with van der Waals surface area (Å²) in [5, 5.41) is 0. The summed E-state index contributed by atoms with van der Waals surface area (Å²) >= 11 is 0. The van der Waals surface area contributed by atoms with E-state index >= 15 is 0 Å². The molecule has 0 aliphatic heterocycles. The van der Waals surface area contributed by atoms with Crippen LogP contribution in [0.4, 0.5) is 11.4 Å². The molecule has 1 aromatic carbocycles. The minimum atomic E-state index is 0.0795. The Morgan fingerprint density at radius 2 is 2.17 bits per heavy atom. The largest absolute Gasteiger partial charge is 0.399 e. The van der Waals surface area contributed by atoms with E-state index in [0.717, 1.165) is 12.1 Å². The molecule has 100 valence electrons. The highest BCUT2D eigenvalue weighted by atomic mass is 16.5. The van der Waals surface area contributed by atoms with Crippen LogP contribution in [0.25, 0.3) is 0 Å². The van der Waals surface area contributed by atoms with E-state index in [-0.39, 0.29) is 5.91 Å². The van der Waals surface area contributed by atoms with Crippen LogP contribution in [0.3, 0.4) is 0 Å². The number of anilines is 2. The molecule has 0 radical (unpaired) electrons. The first-order valence-corrected chi connectivity index (χ1v) is 6.42. The molecule has 2 N–H and O–H groups in total. The summed E-state index contributed by atoms with van der Waals surface area (Å²) in [6.07, 6.45) is 1.32. The molecule has 0 fully saturated rings. The summed E-state index contributed by atoms with van der Waals surface area (Å²) in [7, 11) is 0. The Morgan fingerprint density at radius 3 is 2.78 bits per heavy atom. The van der Waals surface area contributed by atoms with E-state index in [1.807, 2.05) is 31.2 Å². The molecule has 0 saturated carbocycles. The van der Waals surface area contributed by atoms with Crippen LogP contribution in [0.1, 0.15) is 26.7 Å². The second-order valence-corrected chi connectivity index (χ2v) is 4.09. The Balaban J connectivity index is 2.72. The van der Waals surface area contributed by atoms with Crippen LogP contribution in [-0.2, 0) is 9.53 Å². The molecule has 0 aliphatic carbocycles. The van der Waals surface area contributed by atoms with Gasteiger partial charge in [0.2, 0.25) is 5.91 Å². The van der Waals surface area contributed by atoms with Gasteiger partial charge in [0, 0.05) is 24.5 Å². The molecule has 0 spiro atoms. The number of carbonyl (C=O) groups is 1. The van der Waals surface area contributed by atoms with Crippen molar-refractivity contribution in [1.82, 2.24) is 0 Å². The fraction of sp³-hybridized carbons (Fsp3) is 0.500. The Kier molecular flexibility index (Phi) is 6.22. The van der Waals surface area contributed by atoms with Crippen LogP contribution >= 0.6 is 0 Å². The molecule has 1 rings (SSSR count). The minimum Gasteiger partial charge on any atom is -0.399 e. The van der Waals surface area contributed by atoms with Crippen molar-refractivity contribution >= 4 is 17.3 Å². The third-order valence-corrected chi connectivity index (χ3v) is 2.59. The molecule has 1 aromatic rings. The number of rotatable bonds is 7. The van der Waals surface area contributed by atoms with Crippen molar-refractivity contribution in [3.8, 4) is 0 Å². The van der Waals surface area contributed by atoms with E-state index < -0.39 is 0 Å². The van der Waals surface area contributed by atoms with Crippen LogP contribution < -0.4 is 10.6 Å². The molecule has 0 bridgehead atoms. The lowest BCUT2D eigenvalue weighted by Gasteiger charge is -2.22. The predicted octanol–water partition coefficient (Wildman–Crippen LogP) is 2.44. The van der Waals surface area contributed by atoms with Gasteiger partial charge < -0.3 is 15.4 Å². The second kappa shape index (κ2) is 7.71. The molecule has 0 unspecified atom stereocenters. The third-order valence-electron chi connectivity index (χ3n) is 2.59. The average molecular weight is 250 g/mol. The molecule has 4 nitrogen and oxygen atoms in total. The van der Waals surface area contributed by atoms with E-state index in [1.54, 1.807) is 4.90 Å². The first kappa shape index (κ1) is 14.5. The number of nitrogens with two attached hydrogens (primary N) is 1. The quantitative estimate of drug-likeness (QED) is 0.597. The number of amides is 1. The van der Waals surface area contributed by atoms with Gasteiger partial charge >= 0.3 is 0 Å². The molecule has 0 aliphatic rings. The summed E-state index contributed by atoms with van der Waals surface area (Å²) in [5.74, 6) is 0.0795. The van der Waals surface area contributed by atoms with Crippen molar-refractivity contribution in [3.63, 3.8) is 0 Å². The lowest BCUT2D eigenvalue weighted by Crippen LogP contribution is -2.32. The van der Waals surface area contributed by atoms with Crippen molar-refractivity contribution in [2.24, 2.45) is 0 Å². The zero-order chi connectivity index (χ0) is 13.4. The molecule has 4 heteroatoms. The summed E-state index contributed by atoms with van der Waals surface area (Å²) in [6.45, 7) is 5.78. The fourth-order valence-electron chi connectivity index (χ4n) is 1.75. The molecule has 0 saturated heterocycles. The van der Waals surface area contributed by atoms with Gasteiger partial charge in [-0.05, 0) is 31.5 Å². The Labute approximate surface area is 109 Å². The van der Waals surface area contributed by atoms with Gasteiger partial charge in [0.1, 0.15) is 0 Å². The molecular formula is C14H22N2O2. The molecule has 1 amide bonds. The Hall–Kier alpha value is -1.55. The van der Waals surface area contributed by atoms with Gasteiger partial charge in [0.05, 0.1) is 13.0 Å². The van der Waals surface area contributed by atoms with Crippen molar-refractivity contribution in [1.29, 1.82) is 0 Å². The van der Waals surface area contributed by atoms with E-state index in [1.165, 1.54) is 0 Å². The topological polar surface area (TPSA) is 55.6 Å². The van der Waals surface area contributed by atoms with Gasteiger partial charge in [-0.1, -0.05) is 13.0 Å². The highest BCUT2D eigenvalue weighted by molar-refractivity contribution is 5.93. The normalized spacial score (nSPS) is 10.3. The fourth-order valence-corrected chi connectivity index (χ4v) is 1.75.